The molecule has 3 N–H and O–H groups in total. The molecule has 6 heteroatoms. The van der Waals surface area contributed by atoms with Gasteiger partial charge in [0.25, 0.3) is 0 Å². The van der Waals surface area contributed by atoms with Crippen LogP contribution >= 0.6 is 11.8 Å². The van der Waals surface area contributed by atoms with Crippen LogP contribution in [0.3, 0.4) is 0 Å². The van der Waals surface area contributed by atoms with Crippen molar-refractivity contribution in [3.8, 4) is 0 Å². The summed E-state index contributed by atoms with van der Waals surface area (Å²) >= 11 is 1.85. The molecule has 150 valence electrons. The number of amides is 1. The first kappa shape index (κ1) is 21.6. The molecule has 0 aliphatic heterocycles. The molecule has 0 saturated heterocycles. The lowest BCUT2D eigenvalue weighted by atomic mass is 9.85. The number of nitrogens with one attached hydrogen (secondary N) is 3. The van der Waals surface area contributed by atoms with Crippen molar-refractivity contribution in [1.82, 2.24) is 16.0 Å². The highest BCUT2D eigenvalue weighted by Crippen LogP contribution is 2.25. The second-order valence-electron chi connectivity index (χ2n) is 7.56. The van der Waals surface area contributed by atoms with Crippen molar-refractivity contribution in [3.05, 3.63) is 30.3 Å². The van der Waals surface area contributed by atoms with E-state index in [1.54, 1.807) is 7.05 Å². The zero-order chi connectivity index (χ0) is 19.6. The molecular formula is C21H34N4OS. The van der Waals surface area contributed by atoms with Gasteiger partial charge in [-0.05, 0) is 45.2 Å². The van der Waals surface area contributed by atoms with Gasteiger partial charge >= 0.3 is 0 Å². The number of hydrogen-bond acceptors (Lipinski definition) is 3. The molecule has 27 heavy (non-hydrogen) atoms. The fourth-order valence-corrected chi connectivity index (χ4v) is 4.31. The van der Waals surface area contributed by atoms with E-state index in [-0.39, 0.29) is 17.9 Å². The molecule has 0 spiro atoms. The van der Waals surface area contributed by atoms with Crippen molar-refractivity contribution in [2.75, 3.05) is 13.6 Å². The Hall–Kier alpha value is -1.69. The Kier molecular flexibility index (Phi) is 8.98. The number of carbonyl (C=O) groups is 1. The molecule has 5 nitrogen and oxygen atoms in total. The van der Waals surface area contributed by atoms with Crippen LogP contribution in [0.1, 0.15) is 46.5 Å². The van der Waals surface area contributed by atoms with Gasteiger partial charge in [-0.25, -0.2) is 0 Å². The van der Waals surface area contributed by atoms with Gasteiger partial charge in [0.05, 0.1) is 0 Å². The number of aliphatic imine (C=N–C) groups is 1. The van der Waals surface area contributed by atoms with Crippen molar-refractivity contribution in [2.45, 2.75) is 68.7 Å². The topological polar surface area (TPSA) is 65.5 Å². The summed E-state index contributed by atoms with van der Waals surface area (Å²) in [6, 6.07) is 10.9. The Balaban J connectivity index is 1.77. The number of rotatable bonds is 7. The van der Waals surface area contributed by atoms with Gasteiger partial charge in [-0.3, -0.25) is 9.79 Å². The van der Waals surface area contributed by atoms with E-state index >= 15 is 0 Å². The summed E-state index contributed by atoms with van der Waals surface area (Å²) in [5.74, 6) is 1.11. The van der Waals surface area contributed by atoms with Crippen LogP contribution in [0, 0.1) is 5.92 Å². The fourth-order valence-electron chi connectivity index (χ4n) is 3.36. The predicted molar refractivity (Wildman–Crippen MR) is 115 cm³/mol. The van der Waals surface area contributed by atoms with E-state index < -0.39 is 0 Å². The highest BCUT2D eigenvalue weighted by atomic mass is 32.2. The van der Waals surface area contributed by atoms with Crippen LogP contribution in [-0.2, 0) is 4.79 Å². The molecule has 0 heterocycles. The highest BCUT2D eigenvalue weighted by molar-refractivity contribution is 8.00. The summed E-state index contributed by atoms with van der Waals surface area (Å²) in [4.78, 5) is 18.0. The summed E-state index contributed by atoms with van der Waals surface area (Å²) in [7, 11) is 1.80. The molecule has 2 rings (SSSR count). The number of nitrogens with zero attached hydrogens (tertiary/aromatic N) is 1. The number of benzene rings is 1. The van der Waals surface area contributed by atoms with E-state index in [2.05, 4.69) is 52.1 Å². The van der Waals surface area contributed by atoms with Crippen molar-refractivity contribution in [2.24, 2.45) is 10.9 Å². The largest absolute Gasteiger partial charge is 0.355 e. The summed E-state index contributed by atoms with van der Waals surface area (Å²) < 4.78 is 0. The number of guanidine groups is 1. The lowest BCUT2D eigenvalue weighted by molar-refractivity contribution is -0.126. The molecule has 1 aliphatic rings. The smallest absolute Gasteiger partial charge is 0.223 e. The zero-order valence-electron chi connectivity index (χ0n) is 17.0. The second-order valence-corrected chi connectivity index (χ2v) is 9.07. The lowest BCUT2D eigenvalue weighted by Gasteiger charge is -2.30. The Labute approximate surface area is 168 Å². The van der Waals surface area contributed by atoms with Gasteiger partial charge in [0, 0.05) is 41.7 Å². The first-order valence-corrected chi connectivity index (χ1v) is 10.8. The number of thioether (sulfide) groups is 1. The van der Waals surface area contributed by atoms with E-state index in [1.807, 2.05) is 31.7 Å². The van der Waals surface area contributed by atoms with Crippen LogP contribution in [0.4, 0.5) is 0 Å². The van der Waals surface area contributed by atoms with Crippen LogP contribution in [0.15, 0.2) is 40.2 Å². The molecule has 0 aromatic heterocycles. The number of carbonyl (C=O) groups excluding carboxylic acids is 1. The first-order chi connectivity index (χ1) is 13.0. The van der Waals surface area contributed by atoms with Crippen LogP contribution < -0.4 is 16.0 Å². The van der Waals surface area contributed by atoms with E-state index in [0.29, 0.717) is 11.3 Å². The van der Waals surface area contributed by atoms with E-state index in [0.717, 1.165) is 38.2 Å². The van der Waals surface area contributed by atoms with Gasteiger partial charge in [0.2, 0.25) is 5.91 Å². The number of hydrogen-bond donors (Lipinski definition) is 3. The van der Waals surface area contributed by atoms with E-state index in [1.165, 1.54) is 4.90 Å². The predicted octanol–water partition coefficient (Wildman–Crippen LogP) is 3.42. The average Bonchev–Trinajstić information content (AvgIpc) is 2.65. The van der Waals surface area contributed by atoms with Crippen LogP contribution in [0.25, 0.3) is 0 Å². The molecule has 0 bridgehead atoms. The first-order valence-electron chi connectivity index (χ1n) is 9.97. The lowest BCUT2D eigenvalue weighted by Crippen LogP contribution is -2.48. The minimum atomic E-state index is 0.101. The Bertz CT molecular complexity index is 605. The van der Waals surface area contributed by atoms with Gasteiger partial charge in [0.1, 0.15) is 0 Å². The maximum atomic E-state index is 12.3. The summed E-state index contributed by atoms with van der Waals surface area (Å²) in [5, 5.41) is 10.4. The van der Waals surface area contributed by atoms with Crippen LogP contribution in [0.2, 0.25) is 0 Å². The quantitative estimate of drug-likeness (QED) is 0.379. The normalized spacial score (nSPS) is 21.6. The molecule has 1 fully saturated rings. The third-order valence-corrected chi connectivity index (χ3v) is 5.79. The van der Waals surface area contributed by atoms with Crippen molar-refractivity contribution in [3.63, 3.8) is 0 Å². The molecule has 1 amide bonds. The summed E-state index contributed by atoms with van der Waals surface area (Å²) in [6.45, 7) is 7.07. The summed E-state index contributed by atoms with van der Waals surface area (Å²) in [5.41, 5.74) is 0. The molecule has 1 aromatic carbocycles. The van der Waals surface area contributed by atoms with E-state index in [9.17, 15) is 4.79 Å². The average molecular weight is 391 g/mol. The molecule has 3 unspecified atom stereocenters. The maximum Gasteiger partial charge on any atom is 0.223 e. The molecule has 1 saturated carbocycles. The van der Waals surface area contributed by atoms with E-state index in [4.69, 9.17) is 0 Å². The van der Waals surface area contributed by atoms with Gasteiger partial charge in [-0.1, -0.05) is 31.5 Å². The summed E-state index contributed by atoms with van der Waals surface area (Å²) in [6.07, 6.45) is 4.01. The van der Waals surface area contributed by atoms with Crippen molar-refractivity contribution < 1.29 is 4.79 Å². The highest BCUT2D eigenvalue weighted by Gasteiger charge is 2.28. The maximum absolute atomic E-state index is 12.3. The second kappa shape index (κ2) is 11.2. The molecule has 1 aromatic rings. The monoisotopic (exact) mass is 390 g/mol. The van der Waals surface area contributed by atoms with Crippen molar-refractivity contribution in [1.29, 1.82) is 0 Å². The third-order valence-electron chi connectivity index (χ3n) is 4.68. The molecule has 1 aliphatic carbocycles. The Morgan fingerprint density at radius 3 is 2.63 bits per heavy atom. The van der Waals surface area contributed by atoms with Gasteiger partial charge < -0.3 is 16.0 Å². The molecule has 0 radical (unpaired) electrons. The molecule has 3 atom stereocenters. The third kappa shape index (κ3) is 7.83. The van der Waals surface area contributed by atoms with Crippen LogP contribution in [-0.4, -0.2) is 42.8 Å². The fraction of sp³-hybridized carbons (Fsp3) is 0.619. The van der Waals surface area contributed by atoms with Crippen molar-refractivity contribution >= 4 is 23.6 Å². The minimum Gasteiger partial charge on any atom is -0.355 e. The van der Waals surface area contributed by atoms with Crippen LogP contribution in [0.5, 0.6) is 0 Å². The molecular weight excluding hydrogens is 356 g/mol. The Morgan fingerprint density at radius 2 is 1.96 bits per heavy atom. The SMILES string of the molecule is CN=C(NCC(C)Sc1ccccc1)NC1CCCC(C(=O)NC(C)C)C1. The Morgan fingerprint density at radius 1 is 1.22 bits per heavy atom. The van der Waals surface area contributed by atoms with Gasteiger partial charge in [-0.15, -0.1) is 11.8 Å². The minimum absolute atomic E-state index is 0.101. The zero-order valence-corrected chi connectivity index (χ0v) is 17.8. The van der Waals surface area contributed by atoms with Gasteiger partial charge in [-0.2, -0.15) is 0 Å². The standard InChI is InChI=1S/C21H34N4OS/c1-15(2)24-20(26)17-9-8-10-18(13-17)25-21(22-4)23-14-16(3)27-19-11-6-5-7-12-19/h5-7,11-12,15-18H,8-10,13-14H2,1-4H3,(H,24,26)(H2,22,23,25). The van der Waals surface area contributed by atoms with Gasteiger partial charge in [0.15, 0.2) is 5.96 Å².